The first-order valence-electron chi connectivity index (χ1n) is 11.3. The molecule has 1 saturated heterocycles. The topological polar surface area (TPSA) is 123 Å². The fourth-order valence-corrected chi connectivity index (χ4v) is 5.24. The Morgan fingerprint density at radius 2 is 1.66 bits per heavy atom. The monoisotopic (exact) mass is 499 g/mol. The molecule has 1 N–H and O–H groups in total. The number of tetrazole rings is 1. The largest absolute Gasteiger partial charge is 0.497 e. The third kappa shape index (κ3) is 5.43. The van der Waals surface area contributed by atoms with Gasteiger partial charge >= 0.3 is 0 Å². The molecule has 11 nitrogen and oxygen atoms in total. The predicted molar refractivity (Wildman–Crippen MR) is 130 cm³/mol. The maximum atomic E-state index is 13.3. The second-order valence-electron chi connectivity index (χ2n) is 8.56. The maximum absolute atomic E-state index is 13.3. The van der Waals surface area contributed by atoms with Crippen LogP contribution in [-0.4, -0.2) is 78.8 Å². The highest BCUT2D eigenvalue weighted by atomic mass is 32.2. The summed E-state index contributed by atoms with van der Waals surface area (Å²) in [5, 5.41) is 12.1. The molecule has 4 rings (SSSR count). The van der Waals surface area contributed by atoms with E-state index in [-0.39, 0.29) is 16.7 Å². The van der Waals surface area contributed by atoms with E-state index in [1.54, 1.807) is 21.7 Å². The number of anilines is 1. The van der Waals surface area contributed by atoms with Gasteiger partial charge in [-0.15, -0.1) is 0 Å². The van der Waals surface area contributed by atoms with Crippen LogP contribution in [-0.2, 0) is 14.8 Å². The first kappa shape index (κ1) is 24.6. The molecule has 1 amide bonds. The van der Waals surface area contributed by atoms with Crippen molar-refractivity contribution in [3.05, 3.63) is 54.6 Å². The SMILES string of the molecule is COc1ccc(S(=O)(=O)N[C@H](C(=O)N2CCN(c3nnnn3-c3ccccc3)CC2)C(C)C)cc1. The summed E-state index contributed by atoms with van der Waals surface area (Å²) in [6, 6.07) is 14.8. The van der Waals surface area contributed by atoms with Crippen molar-refractivity contribution in [2.24, 2.45) is 5.92 Å². The van der Waals surface area contributed by atoms with Crippen molar-refractivity contribution >= 4 is 21.9 Å². The molecule has 1 aliphatic heterocycles. The van der Waals surface area contributed by atoms with Crippen molar-refractivity contribution < 1.29 is 17.9 Å². The fraction of sp³-hybridized carbons (Fsp3) is 0.391. The Balaban J connectivity index is 1.43. The number of rotatable bonds is 8. The van der Waals surface area contributed by atoms with Gasteiger partial charge in [0.1, 0.15) is 11.8 Å². The highest BCUT2D eigenvalue weighted by molar-refractivity contribution is 7.89. The number of ether oxygens (including phenoxy) is 1. The minimum atomic E-state index is -3.89. The highest BCUT2D eigenvalue weighted by Gasteiger charge is 2.34. The van der Waals surface area contributed by atoms with E-state index >= 15 is 0 Å². The van der Waals surface area contributed by atoms with Crippen LogP contribution in [0.15, 0.2) is 59.5 Å². The van der Waals surface area contributed by atoms with Gasteiger partial charge in [0.2, 0.25) is 21.9 Å². The number of carbonyl (C=O) groups is 1. The van der Waals surface area contributed by atoms with Crippen LogP contribution < -0.4 is 14.4 Å². The third-order valence-corrected chi connectivity index (χ3v) is 7.37. The Bertz CT molecular complexity index is 1240. The molecule has 1 atom stereocenters. The number of hydrogen-bond acceptors (Lipinski definition) is 8. The molecule has 2 heterocycles. The summed E-state index contributed by atoms with van der Waals surface area (Å²) in [6.45, 7) is 5.54. The van der Waals surface area contributed by atoms with Gasteiger partial charge < -0.3 is 14.5 Å². The van der Waals surface area contributed by atoms with E-state index in [2.05, 4.69) is 20.2 Å². The molecule has 0 radical (unpaired) electrons. The normalized spacial score (nSPS) is 15.3. The van der Waals surface area contributed by atoms with E-state index in [0.717, 1.165) is 5.69 Å². The summed E-state index contributed by atoms with van der Waals surface area (Å²) < 4.78 is 35.3. The van der Waals surface area contributed by atoms with Crippen molar-refractivity contribution in [1.82, 2.24) is 29.8 Å². The number of carbonyl (C=O) groups excluding carboxylic acids is 1. The smallest absolute Gasteiger partial charge is 0.250 e. The summed E-state index contributed by atoms with van der Waals surface area (Å²) in [5.74, 6) is 0.666. The van der Waals surface area contributed by atoms with Crippen LogP contribution in [0.4, 0.5) is 5.95 Å². The highest BCUT2D eigenvalue weighted by Crippen LogP contribution is 2.20. The van der Waals surface area contributed by atoms with Gasteiger partial charge in [0.25, 0.3) is 0 Å². The lowest BCUT2D eigenvalue weighted by atomic mass is 10.0. The summed E-state index contributed by atoms with van der Waals surface area (Å²) in [5.41, 5.74) is 0.846. The molecule has 2 aromatic carbocycles. The molecule has 1 aromatic heterocycles. The van der Waals surface area contributed by atoms with Gasteiger partial charge in [-0.3, -0.25) is 4.79 Å². The van der Waals surface area contributed by atoms with E-state index in [0.29, 0.717) is 37.9 Å². The maximum Gasteiger partial charge on any atom is 0.250 e. The lowest BCUT2D eigenvalue weighted by Gasteiger charge is -2.37. The fourth-order valence-electron chi connectivity index (χ4n) is 3.90. The van der Waals surface area contributed by atoms with Gasteiger partial charge in [0.15, 0.2) is 0 Å². The molecular formula is C23H29N7O4S. The number of para-hydroxylation sites is 1. The molecule has 0 unspecified atom stereocenters. The number of benzene rings is 2. The zero-order chi connectivity index (χ0) is 25.0. The van der Waals surface area contributed by atoms with Crippen LogP contribution in [0.3, 0.4) is 0 Å². The molecule has 0 aliphatic carbocycles. The molecule has 0 spiro atoms. The van der Waals surface area contributed by atoms with Crippen molar-refractivity contribution in [1.29, 1.82) is 0 Å². The van der Waals surface area contributed by atoms with Crippen LogP contribution >= 0.6 is 0 Å². The van der Waals surface area contributed by atoms with E-state index in [1.807, 2.05) is 49.1 Å². The number of nitrogens with one attached hydrogen (secondary N) is 1. The van der Waals surface area contributed by atoms with E-state index < -0.39 is 16.1 Å². The summed E-state index contributed by atoms with van der Waals surface area (Å²) in [6.07, 6.45) is 0. The molecule has 0 saturated carbocycles. The zero-order valence-corrected chi connectivity index (χ0v) is 20.7. The van der Waals surface area contributed by atoms with Crippen molar-refractivity contribution in [3.63, 3.8) is 0 Å². The summed E-state index contributed by atoms with van der Waals surface area (Å²) in [4.78, 5) is 17.1. The Hall–Kier alpha value is -3.51. The number of methoxy groups -OCH3 is 1. The molecule has 1 fully saturated rings. The zero-order valence-electron chi connectivity index (χ0n) is 19.9. The number of amides is 1. The molecule has 1 aliphatic rings. The van der Waals surface area contributed by atoms with Crippen molar-refractivity contribution in [2.75, 3.05) is 38.2 Å². The molecule has 0 bridgehead atoms. The van der Waals surface area contributed by atoms with Gasteiger partial charge in [-0.2, -0.15) is 9.40 Å². The molecule has 35 heavy (non-hydrogen) atoms. The molecular weight excluding hydrogens is 470 g/mol. The summed E-state index contributed by atoms with van der Waals surface area (Å²) >= 11 is 0. The van der Waals surface area contributed by atoms with E-state index in [4.69, 9.17) is 4.74 Å². The van der Waals surface area contributed by atoms with Gasteiger partial charge in [0.05, 0.1) is 17.7 Å². The first-order chi connectivity index (χ1) is 16.8. The summed E-state index contributed by atoms with van der Waals surface area (Å²) in [7, 11) is -2.38. The Labute approximate surface area is 204 Å². The van der Waals surface area contributed by atoms with Gasteiger partial charge in [-0.25, -0.2) is 8.42 Å². The van der Waals surface area contributed by atoms with Crippen molar-refractivity contribution in [3.8, 4) is 11.4 Å². The minimum absolute atomic E-state index is 0.0781. The van der Waals surface area contributed by atoms with Crippen LogP contribution in [0.2, 0.25) is 0 Å². The van der Waals surface area contributed by atoms with Crippen LogP contribution in [0.25, 0.3) is 5.69 Å². The Kier molecular flexibility index (Phi) is 7.31. The predicted octanol–water partition coefficient (Wildman–Crippen LogP) is 1.32. The lowest BCUT2D eigenvalue weighted by Crippen LogP contribution is -2.56. The quantitative estimate of drug-likeness (QED) is 0.492. The average molecular weight is 500 g/mol. The second kappa shape index (κ2) is 10.4. The number of sulfonamides is 1. The number of aromatic nitrogens is 4. The standard InChI is InChI=1S/C23H29N7O4S/c1-17(2)21(25-35(32,33)20-11-9-19(34-3)10-12-20)22(31)28-13-15-29(16-14-28)23-24-26-27-30(23)18-7-5-4-6-8-18/h4-12,17,21,25H,13-16H2,1-3H3/t21-/m0/s1. The average Bonchev–Trinajstić information content (AvgIpc) is 3.37. The molecule has 12 heteroatoms. The number of hydrogen-bond donors (Lipinski definition) is 1. The van der Waals surface area contributed by atoms with Gasteiger partial charge in [-0.1, -0.05) is 37.1 Å². The minimum Gasteiger partial charge on any atom is -0.497 e. The molecule has 3 aromatic rings. The van der Waals surface area contributed by atoms with Gasteiger partial charge in [-0.05, 0) is 52.7 Å². The third-order valence-electron chi connectivity index (χ3n) is 5.91. The number of piperazine rings is 1. The van der Waals surface area contributed by atoms with Crippen LogP contribution in [0, 0.1) is 5.92 Å². The van der Waals surface area contributed by atoms with Gasteiger partial charge in [0, 0.05) is 26.2 Å². The van der Waals surface area contributed by atoms with Crippen LogP contribution in [0.1, 0.15) is 13.8 Å². The van der Waals surface area contributed by atoms with Crippen molar-refractivity contribution in [2.45, 2.75) is 24.8 Å². The first-order valence-corrected chi connectivity index (χ1v) is 12.8. The Morgan fingerprint density at radius 3 is 2.26 bits per heavy atom. The van der Waals surface area contributed by atoms with Crippen LogP contribution in [0.5, 0.6) is 5.75 Å². The lowest BCUT2D eigenvalue weighted by molar-refractivity contribution is -0.134. The number of nitrogens with zero attached hydrogens (tertiary/aromatic N) is 6. The second-order valence-corrected chi connectivity index (χ2v) is 10.3. The Morgan fingerprint density at radius 1 is 1.00 bits per heavy atom. The van der Waals surface area contributed by atoms with E-state index in [1.165, 1.54) is 19.2 Å². The molecule has 186 valence electrons. The van der Waals surface area contributed by atoms with E-state index in [9.17, 15) is 13.2 Å².